The van der Waals surface area contributed by atoms with Gasteiger partial charge in [0.05, 0.1) is 18.4 Å². The summed E-state index contributed by atoms with van der Waals surface area (Å²) in [5, 5.41) is 0. The molecule has 1 aromatic rings. The summed E-state index contributed by atoms with van der Waals surface area (Å²) in [6.45, 7) is 8.20. The van der Waals surface area contributed by atoms with Crippen LogP contribution < -0.4 is 9.64 Å². The molecule has 0 N–H and O–H groups in total. The van der Waals surface area contributed by atoms with Crippen molar-refractivity contribution in [2.24, 2.45) is 11.8 Å². The average Bonchev–Trinajstić information content (AvgIpc) is 2.87. The van der Waals surface area contributed by atoms with Crippen LogP contribution in [0.4, 0.5) is 5.69 Å². The highest BCUT2D eigenvalue weighted by Crippen LogP contribution is 2.34. The zero-order chi connectivity index (χ0) is 14.0. The zero-order valence-corrected chi connectivity index (χ0v) is 12.3. The second kappa shape index (κ2) is 5.64. The van der Waals surface area contributed by atoms with Gasteiger partial charge in [0.15, 0.2) is 5.78 Å². The molecule has 1 atom stereocenters. The number of ether oxygens (including phenoxy) is 1. The Morgan fingerprint density at radius 2 is 2.16 bits per heavy atom. The number of methoxy groups -OCH3 is 1. The first-order valence-electron chi connectivity index (χ1n) is 6.97. The number of benzene rings is 1. The SMILES string of the molecule is COc1cccc(N2CCC(C(C)C)C2)c1C(C)=O. The normalized spacial score (nSPS) is 19.0. The van der Waals surface area contributed by atoms with Gasteiger partial charge in [-0.3, -0.25) is 4.79 Å². The molecular weight excluding hydrogens is 238 g/mol. The van der Waals surface area contributed by atoms with E-state index in [0.29, 0.717) is 17.6 Å². The molecule has 1 fully saturated rings. The number of anilines is 1. The third-order valence-electron chi connectivity index (χ3n) is 4.08. The van der Waals surface area contributed by atoms with Crippen molar-refractivity contribution in [2.45, 2.75) is 27.2 Å². The summed E-state index contributed by atoms with van der Waals surface area (Å²) in [6, 6.07) is 5.85. The van der Waals surface area contributed by atoms with Gasteiger partial charge in [0.2, 0.25) is 0 Å². The third-order valence-corrected chi connectivity index (χ3v) is 4.08. The van der Waals surface area contributed by atoms with Gasteiger partial charge >= 0.3 is 0 Å². The van der Waals surface area contributed by atoms with E-state index < -0.39 is 0 Å². The van der Waals surface area contributed by atoms with Gasteiger partial charge in [-0.15, -0.1) is 0 Å². The largest absolute Gasteiger partial charge is 0.496 e. The molecular formula is C16H23NO2. The Balaban J connectivity index is 2.33. The van der Waals surface area contributed by atoms with Crippen LogP contribution in [0.3, 0.4) is 0 Å². The van der Waals surface area contributed by atoms with Gasteiger partial charge in [-0.2, -0.15) is 0 Å². The molecule has 0 aromatic heterocycles. The molecule has 0 spiro atoms. The minimum Gasteiger partial charge on any atom is -0.496 e. The van der Waals surface area contributed by atoms with Crippen LogP contribution >= 0.6 is 0 Å². The molecule has 19 heavy (non-hydrogen) atoms. The summed E-state index contributed by atoms with van der Waals surface area (Å²) in [5.74, 6) is 2.15. The maximum absolute atomic E-state index is 11.9. The van der Waals surface area contributed by atoms with Crippen molar-refractivity contribution in [1.29, 1.82) is 0 Å². The molecule has 0 radical (unpaired) electrons. The molecule has 2 rings (SSSR count). The average molecular weight is 261 g/mol. The van der Waals surface area contributed by atoms with Crippen molar-refractivity contribution in [2.75, 3.05) is 25.1 Å². The Kier molecular flexibility index (Phi) is 4.13. The quantitative estimate of drug-likeness (QED) is 0.778. The monoisotopic (exact) mass is 261 g/mol. The maximum atomic E-state index is 11.9. The smallest absolute Gasteiger partial charge is 0.165 e. The lowest BCUT2D eigenvalue weighted by atomic mass is 9.95. The van der Waals surface area contributed by atoms with Gasteiger partial charge < -0.3 is 9.64 Å². The maximum Gasteiger partial charge on any atom is 0.165 e. The van der Waals surface area contributed by atoms with E-state index in [1.54, 1.807) is 14.0 Å². The van der Waals surface area contributed by atoms with E-state index in [1.165, 1.54) is 6.42 Å². The minimum absolute atomic E-state index is 0.0699. The van der Waals surface area contributed by atoms with Crippen molar-refractivity contribution < 1.29 is 9.53 Å². The fraction of sp³-hybridized carbons (Fsp3) is 0.562. The van der Waals surface area contributed by atoms with Crippen molar-refractivity contribution in [3.63, 3.8) is 0 Å². The van der Waals surface area contributed by atoms with Crippen molar-refractivity contribution in [1.82, 2.24) is 0 Å². The standard InChI is InChI=1S/C16H23NO2/c1-11(2)13-8-9-17(10-13)14-6-5-7-15(19-4)16(14)12(3)18/h5-7,11,13H,8-10H2,1-4H3. The topological polar surface area (TPSA) is 29.5 Å². The van der Waals surface area contributed by atoms with Crippen LogP contribution in [0.25, 0.3) is 0 Å². The number of ketones is 1. The lowest BCUT2D eigenvalue weighted by Gasteiger charge is -2.23. The predicted molar refractivity (Wildman–Crippen MR) is 78.2 cm³/mol. The molecule has 104 valence electrons. The Hall–Kier alpha value is -1.51. The van der Waals surface area contributed by atoms with E-state index in [2.05, 4.69) is 18.7 Å². The molecule has 1 aliphatic heterocycles. The van der Waals surface area contributed by atoms with Gasteiger partial charge in [-0.25, -0.2) is 0 Å². The van der Waals surface area contributed by atoms with Gasteiger partial charge in [-0.1, -0.05) is 19.9 Å². The van der Waals surface area contributed by atoms with Crippen LogP contribution in [0.2, 0.25) is 0 Å². The fourth-order valence-corrected chi connectivity index (χ4v) is 2.86. The molecule has 1 aliphatic rings. The van der Waals surface area contributed by atoms with Gasteiger partial charge in [-0.05, 0) is 37.3 Å². The number of nitrogens with zero attached hydrogens (tertiary/aromatic N) is 1. The van der Waals surface area contributed by atoms with Crippen LogP contribution in [0, 0.1) is 11.8 Å². The molecule has 1 aromatic carbocycles. The second-order valence-corrected chi connectivity index (χ2v) is 5.65. The first kappa shape index (κ1) is 13.9. The highest BCUT2D eigenvalue weighted by molar-refractivity contribution is 6.02. The highest BCUT2D eigenvalue weighted by Gasteiger charge is 2.27. The summed E-state index contributed by atoms with van der Waals surface area (Å²) in [5.41, 5.74) is 1.74. The molecule has 0 bridgehead atoms. The molecule has 3 nitrogen and oxygen atoms in total. The van der Waals surface area contributed by atoms with E-state index in [9.17, 15) is 4.79 Å². The Labute approximate surface area is 115 Å². The summed E-state index contributed by atoms with van der Waals surface area (Å²) in [7, 11) is 1.62. The summed E-state index contributed by atoms with van der Waals surface area (Å²) >= 11 is 0. The Bertz CT molecular complexity index is 468. The van der Waals surface area contributed by atoms with Gasteiger partial charge in [0, 0.05) is 13.1 Å². The summed E-state index contributed by atoms with van der Waals surface area (Å²) in [6.07, 6.45) is 1.20. The van der Waals surface area contributed by atoms with Crippen molar-refractivity contribution in [3.8, 4) is 5.75 Å². The lowest BCUT2D eigenvalue weighted by molar-refractivity contribution is 0.101. The van der Waals surface area contributed by atoms with Crippen LogP contribution in [0.1, 0.15) is 37.6 Å². The van der Waals surface area contributed by atoms with E-state index in [0.717, 1.165) is 24.3 Å². The Morgan fingerprint density at radius 3 is 2.68 bits per heavy atom. The van der Waals surface area contributed by atoms with Crippen LogP contribution in [-0.4, -0.2) is 26.0 Å². The van der Waals surface area contributed by atoms with Crippen LogP contribution in [-0.2, 0) is 0 Å². The fourth-order valence-electron chi connectivity index (χ4n) is 2.86. The zero-order valence-electron chi connectivity index (χ0n) is 12.3. The number of rotatable bonds is 4. The predicted octanol–water partition coefficient (Wildman–Crippen LogP) is 3.38. The van der Waals surface area contributed by atoms with E-state index in [4.69, 9.17) is 4.74 Å². The van der Waals surface area contributed by atoms with Crippen LogP contribution in [0.5, 0.6) is 5.75 Å². The molecule has 1 saturated heterocycles. The molecule has 3 heteroatoms. The molecule has 0 amide bonds. The molecule has 1 heterocycles. The highest BCUT2D eigenvalue weighted by atomic mass is 16.5. The van der Waals surface area contributed by atoms with Crippen molar-refractivity contribution >= 4 is 11.5 Å². The van der Waals surface area contributed by atoms with Crippen molar-refractivity contribution in [3.05, 3.63) is 23.8 Å². The number of carbonyl (C=O) groups excluding carboxylic acids is 1. The minimum atomic E-state index is 0.0699. The number of carbonyl (C=O) groups is 1. The molecule has 0 aliphatic carbocycles. The van der Waals surface area contributed by atoms with E-state index in [-0.39, 0.29) is 5.78 Å². The van der Waals surface area contributed by atoms with Gasteiger partial charge in [0.25, 0.3) is 0 Å². The van der Waals surface area contributed by atoms with E-state index in [1.807, 2.05) is 18.2 Å². The molecule has 1 unspecified atom stereocenters. The van der Waals surface area contributed by atoms with Crippen LogP contribution in [0.15, 0.2) is 18.2 Å². The molecule has 0 saturated carbocycles. The first-order valence-corrected chi connectivity index (χ1v) is 6.97. The van der Waals surface area contributed by atoms with E-state index >= 15 is 0 Å². The number of Topliss-reactive ketones (excluding diaryl/α,β-unsaturated/α-hetero) is 1. The van der Waals surface area contributed by atoms with Gasteiger partial charge in [0.1, 0.15) is 5.75 Å². The lowest BCUT2D eigenvalue weighted by Crippen LogP contribution is -2.23. The third kappa shape index (κ3) is 2.75. The number of hydrogen-bond acceptors (Lipinski definition) is 3. The second-order valence-electron chi connectivity index (χ2n) is 5.65. The number of hydrogen-bond donors (Lipinski definition) is 0. The Morgan fingerprint density at radius 1 is 1.42 bits per heavy atom. The summed E-state index contributed by atoms with van der Waals surface area (Å²) in [4.78, 5) is 14.2. The summed E-state index contributed by atoms with van der Waals surface area (Å²) < 4.78 is 5.33. The first-order chi connectivity index (χ1) is 9.04.